The maximum absolute atomic E-state index is 12.7. The molecule has 0 bridgehead atoms. The highest BCUT2D eigenvalue weighted by Gasteiger charge is 2.16. The summed E-state index contributed by atoms with van der Waals surface area (Å²) in [5.74, 6) is 0.672. The third-order valence-electron chi connectivity index (χ3n) is 4.23. The van der Waals surface area contributed by atoms with E-state index in [2.05, 4.69) is 33.5 Å². The number of hydrogen-bond acceptors (Lipinski definition) is 3. The lowest BCUT2D eigenvalue weighted by Gasteiger charge is -2.10. The van der Waals surface area contributed by atoms with Gasteiger partial charge in [-0.25, -0.2) is 0 Å². The van der Waals surface area contributed by atoms with Crippen LogP contribution in [0.3, 0.4) is 0 Å². The SMILES string of the molecule is O=C(NCc1ccco1)c1cc2sccc2n1CCc1ccccc1. The lowest BCUT2D eigenvalue weighted by Crippen LogP contribution is -2.25. The monoisotopic (exact) mass is 350 g/mol. The Labute approximate surface area is 149 Å². The molecule has 0 radical (unpaired) electrons. The van der Waals surface area contributed by atoms with Gasteiger partial charge >= 0.3 is 0 Å². The maximum atomic E-state index is 12.7. The number of aryl methyl sites for hydroxylation is 2. The molecule has 0 aliphatic rings. The average Bonchev–Trinajstić information content (AvgIpc) is 3.36. The summed E-state index contributed by atoms with van der Waals surface area (Å²) in [6, 6.07) is 18.1. The Bertz CT molecular complexity index is 968. The third kappa shape index (κ3) is 3.37. The molecule has 1 aromatic carbocycles. The zero-order valence-corrected chi connectivity index (χ0v) is 14.5. The number of carbonyl (C=O) groups excluding carboxylic acids is 1. The van der Waals surface area contributed by atoms with E-state index in [0.717, 1.165) is 28.9 Å². The van der Waals surface area contributed by atoms with Gasteiger partial charge in [0, 0.05) is 6.54 Å². The van der Waals surface area contributed by atoms with Crippen LogP contribution in [0.4, 0.5) is 0 Å². The molecule has 0 atom stereocenters. The van der Waals surface area contributed by atoms with Crippen molar-refractivity contribution >= 4 is 27.5 Å². The van der Waals surface area contributed by atoms with E-state index in [0.29, 0.717) is 12.2 Å². The number of hydrogen-bond donors (Lipinski definition) is 1. The van der Waals surface area contributed by atoms with Crippen molar-refractivity contribution in [3.05, 3.63) is 83.3 Å². The topological polar surface area (TPSA) is 47.2 Å². The minimum atomic E-state index is -0.0761. The summed E-state index contributed by atoms with van der Waals surface area (Å²) in [4.78, 5) is 12.7. The van der Waals surface area contributed by atoms with Crippen molar-refractivity contribution in [2.24, 2.45) is 0 Å². The predicted molar refractivity (Wildman–Crippen MR) is 99.8 cm³/mol. The first-order chi connectivity index (χ1) is 12.3. The summed E-state index contributed by atoms with van der Waals surface area (Å²) >= 11 is 1.66. The second kappa shape index (κ2) is 6.99. The molecule has 3 heterocycles. The molecular weight excluding hydrogens is 332 g/mol. The highest BCUT2D eigenvalue weighted by molar-refractivity contribution is 7.17. The summed E-state index contributed by atoms with van der Waals surface area (Å²) in [6.45, 7) is 1.16. The van der Waals surface area contributed by atoms with Crippen molar-refractivity contribution in [1.82, 2.24) is 9.88 Å². The van der Waals surface area contributed by atoms with E-state index in [4.69, 9.17) is 4.42 Å². The number of aromatic nitrogens is 1. The fourth-order valence-electron chi connectivity index (χ4n) is 2.96. The molecule has 25 heavy (non-hydrogen) atoms. The fourth-order valence-corrected chi connectivity index (χ4v) is 3.79. The number of amides is 1. The standard InChI is InChI=1S/C20H18N2O2S/c23-20(21-14-16-7-4-11-24-16)18-13-19-17(9-12-25-19)22(18)10-8-15-5-2-1-3-6-15/h1-7,9,11-13H,8,10,14H2,(H,21,23). The van der Waals surface area contributed by atoms with E-state index in [9.17, 15) is 4.79 Å². The first-order valence-corrected chi connectivity index (χ1v) is 9.10. The van der Waals surface area contributed by atoms with Crippen molar-refractivity contribution < 1.29 is 9.21 Å². The number of nitrogens with one attached hydrogen (secondary N) is 1. The summed E-state index contributed by atoms with van der Waals surface area (Å²) in [5, 5.41) is 5.01. The molecule has 0 saturated carbocycles. The summed E-state index contributed by atoms with van der Waals surface area (Å²) < 4.78 is 8.52. The summed E-state index contributed by atoms with van der Waals surface area (Å²) in [7, 11) is 0. The molecule has 5 heteroatoms. The Kier molecular flexibility index (Phi) is 4.39. The fraction of sp³-hybridized carbons (Fsp3) is 0.150. The molecule has 4 nitrogen and oxygen atoms in total. The number of thiophene rings is 1. The molecule has 1 N–H and O–H groups in total. The van der Waals surface area contributed by atoms with Gasteiger partial charge in [-0.3, -0.25) is 4.79 Å². The highest BCUT2D eigenvalue weighted by atomic mass is 32.1. The van der Waals surface area contributed by atoms with Crippen LogP contribution < -0.4 is 5.32 Å². The van der Waals surface area contributed by atoms with Crippen molar-refractivity contribution in [3.8, 4) is 0 Å². The van der Waals surface area contributed by atoms with E-state index < -0.39 is 0 Å². The molecule has 0 saturated heterocycles. The molecule has 0 spiro atoms. The number of carbonyl (C=O) groups is 1. The van der Waals surface area contributed by atoms with Crippen LogP contribution >= 0.6 is 11.3 Å². The van der Waals surface area contributed by atoms with E-state index in [1.807, 2.05) is 36.4 Å². The Morgan fingerprint density at radius 2 is 2.00 bits per heavy atom. The average molecular weight is 350 g/mol. The largest absolute Gasteiger partial charge is 0.467 e. The molecule has 0 fully saturated rings. The molecule has 0 aliphatic carbocycles. The normalized spacial score (nSPS) is 11.0. The molecule has 1 amide bonds. The number of rotatable bonds is 6. The zero-order valence-electron chi connectivity index (χ0n) is 13.6. The zero-order chi connectivity index (χ0) is 17.1. The second-order valence-corrected chi connectivity index (χ2v) is 6.80. The lowest BCUT2D eigenvalue weighted by molar-refractivity contribution is 0.0939. The highest BCUT2D eigenvalue weighted by Crippen LogP contribution is 2.26. The quantitative estimate of drug-likeness (QED) is 0.558. The summed E-state index contributed by atoms with van der Waals surface area (Å²) in [5.41, 5.74) is 3.08. The van der Waals surface area contributed by atoms with Gasteiger partial charge < -0.3 is 14.3 Å². The Balaban J connectivity index is 1.55. The first kappa shape index (κ1) is 15.7. The van der Waals surface area contributed by atoms with E-state index in [1.54, 1.807) is 17.6 Å². The predicted octanol–water partition coefficient (Wildman–Crippen LogP) is 4.47. The van der Waals surface area contributed by atoms with Gasteiger partial charge in [-0.1, -0.05) is 30.3 Å². The van der Waals surface area contributed by atoms with E-state index in [-0.39, 0.29) is 5.91 Å². The van der Waals surface area contributed by atoms with Crippen LogP contribution in [-0.2, 0) is 19.5 Å². The van der Waals surface area contributed by atoms with Crippen molar-refractivity contribution in [1.29, 1.82) is 0 Å². The van der Waals surface area contributed by atoms with Crippen LogP contribution in [0.5, 0.6) is 0 Å². The van der Waals surface area contributed by atoms with Gasteiger partial charge in [0.1, 0.15) is 11.5 Å². The van der Waals surface area contributed by atoms with Gasteiger partial charge in [0.05, 0.1) is 23.0 Å². The summed E-state index contributed by atoms with van der Waals surface area (Å²) in [6.07, 6.45) is 2.50. The minimum Gasteiger partial charge on any atom is -0.467 e. The van der Waals surface area contributed by atoms with Crippen molar-refractivity contribution in [2.45, 2.75) is 19.5 Å². The third-order valence-corrected chi connectivity index (χ3v) is 5.08. The molecule has 3 aromatic heterocycles. The number of fused-ring (bicyclic) bond motifs is 1. The Hall–Kier alpha value is -2.79. The second-order valence-electron chi connectivity index (χ2n) is 5.85. The van der Waals surface area contributed by atoms with Gasteiger partial charge in [-0.15, -0.1) is 11.3 Å². The van der Waals surface area contributed by atoms with Crippen LogP contribution in [0.1, 0.15) is 21.8 Å². The molecule has 126 valence electrons. The van der Waals surface area contributed by atoms with E-state index >= 15 is 0 Å². The van der Waals surface area contributed by atoms with Crippen LogP contribution in [0.25, 0.3) is 10.2 Å². The van der Waals surface area contributed by atoms with Crippen molar-refractivity contribution in [2.75, 3.05) is 0 Å². The molecule has 0 unspecified atom stereocenters. The number of nitrogens with zero attached hydrogens (tertiary/aromatic N) is 1. The van der Waals surface area contributed by atoms with Gasteiger partial charge in [-0.05, 0) is 41.6 Å². The van der Waals surface area contributed by atoms with Crippen LogP contribution in [0.2, 0.25) is 0 Å². The Morgan fingerprint density at radius 1 is 1.12 bits per heavy atom. The number of furan rings is 1. The van der Waals surface area contributed by atoms with Crippen molar-refractivity contribution in [3.63, 3.8) is 0 Å². The van der Waals surface area contributed by atoms with Gasteiger partial charge in [0.2, 0.25) is 0 Å². The van der Waals surface area contributed by atoms with E-state index in [1.165, 1.54) is 5.56 Å². The van der Waals surface area contributed by atoms with Crippen LogP contribution in [-0.4, -0.2) is 10.5 Å². The minimum absolute atomic E-state index is 0.0761. The van der Waals surface area contributed by atoms with Gasteiger partial charge in [0.15, 0.2) is 0 Å². The van der Waals surface area contributed by atoms with Gasteiger partial charge in [0.25, 0.3) is 5.91 Å². The molecule has 4 aromatic rings. The molecule has 0 aliphatic heterocycles. The lowest BCUT2D eigenvalue weighted by atomic mass is 10.1. The molecular formula is C20H18N2O2S. The van der Waals surface area contributed by atoms with Crippen LogP contribution in [0.15, 0.2) is 70.7 Å². The first-order valence-electron chi connectivity index (χ1n) is 8.22. The van der Waals surface area contributed by atoms with Crippen LogP contribution in [0, 0.1) is 0 Å². The van der Waals surface area contributed by atoms with Gasteiger partial charge in [-0.2, -0.15) is 0 Å². The Morgan fingerprint density at radius 3 is 2.80 bits per heavy atom. The molecule has 4 rings (SSSR count). The smallest absolute Gasteiger partial charge is 0.268 e. The maximum Gasteiger partial charge on any atom is 0.268 e. The number of benzene rings is 1.